The number of carbonyl (C=O) groups excluding carboxylic acids is 1. The Kier molecular flexibility index (Phi) is 8.49. The van der Waals surface area contributed by atoms with Crippen molar-refractivity contribution in [3.05, 3.63) is 51.0 Å². The molecule has 2 aromatic rings. The van der Waals surface area contributed by atoms with E-state index in [0.717, 1.165) is 20.3 Å². The highest BCUT2D eigenvalue weighted by atomic mass is 79.9. The van der Waals surface area contributed by atoms with Gasteiger partial charge < -0.3 is 10.1 Å². The zero-order valence-corrected chi connectivity index (χ0v) is 15.0. The summed E-state index contributed by atoms with van der Waals surface area (Å²) in [6.07, 6.45) is 0.403. The average molecular weight is 432 g/mol. The Morgan fingerprint density at radius 3 is 2.55 bits per heavy atom. The summed E-state index contributed by atoms with van der Waals surface area (Å²) in [5.74, 6) is 5.01. The molecule has 0 aliphatic carbocycles. The number of hydrogen-bond donors (Lipinski definition) is 3. The molecule has 0 aliphatic rings. The van der Waals surface area contributed by atoms with Crippen molar-refractivity contribution in [3.63, 3.8) is 0 Å². The fourth-order valence-electron chi connectivity index (χ4n) is 1.56. The van der Waals surface area contributed by atoms with Gasteiger partial charge in [0.15, 0.2) is 0 Å². The summed E-state index contributed by atoms with van der Waals surface area (Å²) in [6, 6.07) is 11.6. The number of hydrazine groups is 1. The monoisotopic (exact) mass is 430 g/mol. The van der Waals surface area contributed by atoms with Crippen molar-refractivity contribution in [2.75, 3.05) is 12.4 Å². The topological polar surface area (TPSA) is 89.3 Å². The smallest absolute Gasteiger partial charge is 0.221 e. The second-order valence-corrected chi connectivity index (χ2v) is 5.55. The van der Waals surface area contributed by atoms with Crippen LogP contribution in [0.15, 0.2) is 45.5 Å². The van der Waals surface area contributed by atoms with Crippen LogP contribution in [0.3, 0.4) is 0 Å². The number of anilines is 1. The van der Waals surface area contributed by atoms with E-state index < -0.39 is 0 Å². The minimum atomic E-state index is 0.403. The molecule has 0 atom stereocenters. The maximum Gasteiger partial charge on any atom is 0.221 e. The van der Waals surface area contributed by atoms with E-state index in [9.17, 15) is 0 Å². The SMILES string of the molecule is CNc1cccc(Br)c1COc1cccc(Br)n1.NNC=O. The van der Waals surface area contributed by atoms with Gasteiger partial charge >= 0.3 is 0 Å². The first-order chi connectivity index (χ1) is 10.6. The lowest BCUT2D eigenvalue weighted by atomic mass is 10.2. The van der Waals surface area contributed by atoms with Crippen LogP contribution in [0.1, 0.15) is 5.56 Å². The van der Waals surface area contributed by atoms with Crippen LogP contribution < -0.4 is 21.3 Å². The molecule has 0 unspecified atom stereocenters. The third-order valence-electron chi connectivity index (χ3n) is 2.51. The molecule has 4 N–H and O–H groups in total. The molecule has 0 saturated carbocycles. The van der Waals surface area contributed by atoms with Gasteiger partial charge in [-0.3, -0.25) is 10.2 Å². The first-order valence-corrected chi connectivity index (χ1v) is 7.81. The lowest BCUT2D eigenvalue weighted by molar-refractivity contribution is -0.109. The highest BCUT2D eigenvalue weighted by Crippen LogP contribution is 2.26. The number of nitrogens with zero attached hydrogens (tertiary/aromatic N) is 1. The van der Waals surface area contributed by atoms with Gasteiger partial charge in [-0.25, -0.2) is 10.8 Å². The van der Waals surface area contributed by atoms with Crippen molar-refractivity contribution in [2.24, 2.45) is 5.84 Å². The van der Waals surface area contributed by atoms with E-state index in [1.54, 1.807) is 5.43 Å². The zero-order valence-electron chi connectivity index (χ0n) is 11.8. The number of rotatable bonds is 5. The quantitative estimate of drug-likeness (QED) is 0.222. The van der Waals surface area contributed by atoms with E-state index in [-0.39, 0.29) is 0 Å². The number of aromatic nitrogens is 1. The molecule has 1 heterocycles. The Bertz CT molecular complexity index is 611. The summed E-state index contributed by atoms with van der Waals surface area (Å²) in [5.41, 5.74) is 3.86. The Labute approximate surface area is 145 Å². The van der Waals surface area contributed by atoms with Crippen molar-refractivity contribution in [3.8, 4) is 5.88 Å². The van der Waals surface area contributed by atoms with Gasteiger partial charge in [-0.1, -0.05) is 28.1 Å². The van der Waals surface area contributed by atoms with Crippen LogP contribution in [0.4, 0.5) is 5.69 Å². The average Bonchev–Trinajstić information content (AvgIpc) is 2.53. The first kappa shape index (κ1) is 18.4. The lowest BCUT2D eigenvalue weighted by Crippen LogP contribution is -2.18. The molecule has 0 aliphatic heterocycles. The third kappa shape index (κ3) is 6.00. The number of nitrogens with one attached hydrogen (secondary N) is 2. The fraction of sp³-hybridized carbons (Fsp3) is 0.143. The summed E-state index contributed by atoms with van der Waals surface area (Å²) in [5, 5.41) is 3.14. The van der Waals surface area contributed by atoms with E-state index in [2.05, 4.69) is 48.0 Å². The first-order valence-electron chi connectivity index (χ1n) is 6.22. The van der Waals surface area contributed by atoms with Crippen LogP contribution in [0.5, 0.6) is 5.88 Å². The summed E-state index contributed by atoms with van der Waals surface area (Å²) in [4.78, 5) is 13.2. The maximum absolute atomic E-state index is 8.94. The largest absolute Gasteiger partial charge is 0.473 e. The Balaban J connectivity index is 0.000000541. The number of pyridine rings is 1. The molecule has 0 bridgehead atoms. The molecular formula is C14H16Br2N4O2. The van der Waals surface area contributed by atoms with E-state index in [4.69, 9.17) is 9.53 Å². The number of ether oxygens (including phenoxy) is 1. The van der Waals surface area contributed by atoms with Crippen molar-refractivity contribution in [1.29, 1.82) is 0 Å². The highest BCUT2D eigenvalue weighted by Gasteiger charge is 2.07. The van der Waals surface area contributed by atoms with Gasteiger partial charge in [-0.15, -0.1) is 0 Å². The van der Waals surface area contributed by atoms with Crippen molar-refractivity contribution in [1.82, 2.24) is 10.4 Å². The number of hydrogen-bond acceptors (Lipinski definition) is 5. The molecule has 0 radical (unpaired) electrons. The summed E-state index contributed by atoms with van der Waals surface area (Å²) >= 11 is 6.84. The van der Waals surface area contributed by atoms with Gasteiger partial charge in [0.1, 0.15) is 11.2 Å². The van der Waals surface area contributed by atoms with Gasteiger partial charge in [0.05, 0.1) is 0 Å². The molecule has 8 heteroatoms. The number of halogens is 2. The van der Waals surface area contributed by atoms with Crippen molar-refractivity contribution in [2.45, 2.75) is 6.61 Å². The molecule has 118 valence electrons. The fourth-order valence-corrected chi connectivity index (χ4v) is 2.36. The molecular weight excluding hydrogens is 416 g/mol. The Morgan fingerprint density at radius 1 is 1.27 bits per heavy atom. The zero-order chi connectivity index (χ0) is 16.4. The summed E-state index contributed by atoms with van der Waals surface area (Å²) < 4.78 is 7.47. The molecule has 0 spiro atoms. The molecule has 6 nitrogen and oxygen atoms in total. The standard InChI is InChI=1S/C13H12Br2N2O.CH4N2O/c1-16-11-5-2-4-10(14)9(11)8-18-13-7-3-6-12(15)17-13;2-3-1-4/h2-7,16H,8H2,1H3;1H,2H2,(H,3,4). The number of amides is 1. The second-order valence-electron chi connectivity index (χ2n) is 3.89. The Hall–Kier alpha value is -1.64. The van der Waals surface area contributed by atoms with Gasteiger partial charge in [0.2, 0.25) is 12.3 Å². The van der Waals surface area contributed by atoms with Gasteiger partial charge in [0.25, 0.3) is 0 Å². The predicted octanol–water partition coefficient (Wildman–Crippen LogP) is 2.83. The highest BCUT2D eigenvalue weighted by molar-refractivity contribution is 9.10. The summed E-state index contributed by atoms with van der Waals surface area (Å²) in [7, 11) is 1.89. The van der Waals surface area contributed by atoms with E-state index in [1.165, 1.54) is 0 Å². The number of benzene rings is 1. The van der Waals surface area contributed by atoms with Crippen LogP contribution in [-0.2, 0) is 11.4 Å². The molecule has 22 heavy (non-hydrogen) atoms. The van der Waals surface area contributed by atoms with Crippen molar-refractivity contribution >= 4 is 44.0 Å². The van der Waals surface area contributed by atoms with Crippen LogP contribution in [0.2, 0.25) is 0 Å². The predicted molar refractivity (Wildman–Crippen MR) is 93.3 cm³/mol. The van der Waals surface area contributed by atoms with Crippen LogP contribution in [0.25, 0.3) is 0 Å². The Morgan fingerprint density at radius 2 is 1.95 bits per heavy atom. The number of nitrogens with two attached hydrogens (primary N) is 1. The van der Waals surface area contributed by atoms with Gasteiger partial charge in [-0.05, 0) is 34.1 Å². The lowest BCUT2D eigenvalue weighted by Gasteiger charge is -2.12. The van der Waals surface area contributed by atoms with E-state index >= 15 is 0 Å². The van der Waals surface area contributed by atoms with Gasteiger partial charge in [0, 0.05) is 28.8 Å². The minimum Gasteiger partial charge on any atom is -0.473 e. The van der Waals surface area contributed by atoms with Crippen molar-refractivity contribution < 1.29 is 9.53 Å². The molecule has 1 aromatic heterocycles. The number of carbonyl (C=O) groups is 1. The normalized spacial score (nSPS) is 9.27. The second kappa shape index (κ2) is 10.1. The molecule has 0 saturated heterocycles. The van der Waals surface area contributed by atoms with Gasteiger partial charge in [-0.2, -0.15) is 0 Å². The maximum atomic E-state index is 8.94. The molecule has 0 fully saturated rings. The van der Waals surface area contributed by atoms with Crippen LogP contribution in [0, 0.1) is 0 Å². The summed E-state index contributed by atoms with van der Waals surface area (Å²) in [6.45, 7) is 0.459. The van der Waals surface area contributed by atoms with E-state index in [0.29, 0.717) is 18.9 Å². The molecule has 1 aromatic carbocycles. The van der Waals surface area contributed by atoms with Crippen LogP contribution in [-0.4, -0.2) is 18.4 Å². The third-order valence-corrected chi connectivity index (χ3v) is 3.69. The van der Waals surface area contributed by atoms with E-state index in [1.807, 2.05) is 43.4 Å². The molecule has 2 rings (SSSR count). The minimum absolute atomic E-state index is 0.403. The molecule has 1 amide bonds. The van der Waals surface area contributed by atoms with Crippen LogP contribution >= 0.6 is 31.9 Å².